The maximum absolute atomic E-state index is 12.2. The minimum absolute atomic E-state index is 0.0730. The number of hydrogen-bond acceptors (Lipinski definition) is 5. The Hall–Kier alpha value is -1.92. The molecule has 4 rings (SSSR count). The van der Waals surface area contributed by atoms with E-state index in [2.05, 4.69) is 14.9 Å². The number of piperidine rings is 1. The molecule has 24 heavy (non-hydrogen) atoms. The zero-order valence-corrected chi connectivity index (χ0v) is 13.7. The number of fused-ring (bicyclic) bond motifs is 1. The Morgan fingerprint density at radius 3 is 2.58 bits per heavy atom. The molecule has 2 aliphatic heterocycles. The first kappa shape index (κ1) is 15.6. The molecule has 0 atom stereocenters. The van der Waals surface area contributed by atoms with Crippen LogP contribution < -0.4 is 10.5 Å². The van der Waals surface area contributed by atoms with E-state index < -0.39 is 0 Å². The number of hydrogen-bond donors (Lipinski definition) is 1. The number of rotatable bonds is 3. The Balaban J connectivity index is 1.41. The Bertz CT molecular complexity index is 747. The number of nitrogens with zero attached hydrogens (tertiary/aromatic N) is 2. The van der Waals surface area contributed by atoms with Crippen LogP contribution in [-0.2, 0) is 9.47 Å². The van der Waals surface area contributed by atoms with Gasteiger partial charge in [-0.15, -0.1) is 0 Å². The zero-order chi connectivity index (χ0) is 16.4. The summed E-state index contributed by atoms with van der Waals surface area (Å²) in [5, 5.41) is 0.638. The van der Waals surface area contributed by atoms with Gasteiger partial charge in [0.05, 0.1) is 23.1 Å². The lowest BCUT2D eigenvalue weighted by Gasteiger charge is -2.35. The summed E-state index contributed by atoms with van der Waals surface area (Å²) in [6.07, 6.45) is 4.58. The first-order valence-corrected chi connectivity index (χ1v) is 8.77. The highest BCUT2D eigenvalue weighted by Crippen LogP contribution is 2.22. The number of para-hydroxylation sites is 1. The average molecular weight is 329 g/mol. The smallest absolute Gasteiger partial charge is 0.260 e. The van der Waals surface area contributed by atoms with E-state index in [1.165, 1.54) is 0 Å². The molecule has 2 fully saturated rings. The number of benzene rings is 1. The third-order valence-electron chi connectivity index (χ3n) is 4.90. The molecular weight excluding hydrogens is 306 g/mol. The lowest BCUT2D eigenvalue weighted by Crippen LogP contribution is -2.40. The van der Waals surface area contributed by atoms with Gasteiger partial charge in [0.25, 0.3) is 5.56 Å². The van der Waals surface area contributed by atoms with Crippen molar-refractivity contribution in [1.29, 1.82) is 0 Å². The molecule has 2 aromatic rings. The highest BCUT2D eigenvalue weighted by atomic mass is 16.5. The summed E-state index contributed by atoms with van der Waals surface area (Å²) < 4.78 is 11.6. The molecule has 6 heteroatoms. The second kappa shape index (κ2) is 6.91. The van der Waals surface area contributed by atoms with Crippen LogP contribution in [-0.4, -0.2) is 48.5 Å². The quantitative estimate of drug-likeness (QED) is 0.934. The predicted octanol–water partition coefficient (Wildman–Crippen LogP) is 2.09. The molecule has 0 amide bonds. The topological polar surface area (TPSA) is 67.5 Å². The van der Waals surface area contributed by atoms with E-state index in [4.69, 9.17) is 9.47 Å². The second-order valence-corrected chi connectivity index (χ2v) is 6.54. The van der Waals surface area contributed by atoms with Crippen LogP contribution in [0.4, 0.5) is 5.95 Å². The van der Waals surface area contributed by atoms with Crippen molar-refractivity contribution in [1.82, 2.24) is 9.97 Å². The van der Waals surface area contributed by atoms with Crippen molar-refractivity contribution in [3.05, 3.63) is 34.6 Å². The van der Waals surface area contributed by atoms with Crippen molar-refractivity contribution in [3.8, 4) is 0 Å². The van der Waals surface area contributed by atoms with E-state index >= 15 is 0 Å². The molecule has 0 aliphatic carbocycles. The highest BCUT2D eigenvalue weighted by Gasteiger charge is 2.25. The van der Waals surface area contributed by atoms with Gasteiger partial charge in [-0.2, -0.15) is 0 Å². The van der Waals surface area contributed by atoms with Gasteiger partial charge in [0.15, 0.2) is 0 Å². The lowest BCUT2D eigenvalue weighted by atomic mass is 10.1. The van der Waals surface area contributed by atoms with Crippen LogP contribution in [0, 0.1) is 0 Å². The summed E-state index contributed by atoms with van der Waals surface area (Å²) in [5.41, 5.74) is 0.674. The summed E-state index contributed by atoms with van der Waals surface area (Å²) in [7, 11) is 0. The minimum atomic E-state index is -0.0730. The molecule has 0 radical (unpaired) electrons. The summed E-state index contributed by atoms with van der Waals surface area (Å²) >= 11 is 0. The largest absolute Gasteiger partial charge is 0.381 e. The number of H-pyrrole nitrogens is 1. The van der Waals surface area contributed by atoms with E-state index in [0.29, 0.717) is 23.5 Å². The molecule has 1 aromatic heterocycles. The van der Waals surface area contributed by atoms with Crippen LogP contribution >= 0.6 is 0 Å². The fourth-order valence-corrected chi connectivity index (χ4v) is 3.51. The molecule has 0 bridgehead atoms. The Morgan fingerprint density at radius 2 is 1.79 bits per heavy atom. The summed E-state index contributed by atoms with van der Waals surface area (Å²) in [4.78, 5) is 21.9. The maximum atomic E-state index is 12.2. The molecule has 0 unspecified atom stereocenters. The molecule has 2 aliphatic rings. The normalized spacial score (nSPS) is 20.6. The van der Waals surface area contributed by atoms with Crippen LogP contribution in [0.25, 0.3) is 10.9 Å². The molecule has 1 aromatic carbocycles. The minimum Gasteiger partial charge on any atom is -0.381 e. The number of anilines is 1. The first-order chi connectivity index (χ1) is 11.8. The van der Waals surface area contributed by atoms with Crippen LogP contribution in [0.2, 0.25) is 0 Å². The van der Waals surface area contributed by atoms with Gasteiger partial charge >= 0.3 is 0 Å². The summed E-state index contributed by atoms with van der Waals surface area (Å²) in [6.45, 7) is 3.34. The SMILES string of the molecule is O=c1[nH]c(N2CCC(OC3CCOCC3)CC2)nc2ccccc12. The Kier molecular flexibility index (Phi) is 4.49. The zero-order valence-electron chi connectivity index (χ0n) is 13.7. The number of aromatic nitrogens is 2. The summed E-state index contributed by atoms with van der Waals surface area (Å²) in [6, 6.07) is 7.46. The molecule has 0 saturated carbocycles. The molecule has 0 spiro atoms. The van der Waals surface area contributed by atoms with Crippen molar-refractivity contribution in [2.45, 2.75) is 37.9 Å². The summed E-state index contributed by atoms with van der Waals surface area (Å²) in [5.74, 6) is 0.670. The van der Waals surface area contributed by atoms with Gasteiger partial charge in [0.2, 0.25) is 5.95 Å². The molecule has 6 nitrogen and oxygen atoms in total. The van der Waals surface area contributed by atoms with Crippen molar-refractivity contribution in [3.63, 3.8) is 0 Å². The maximum Gasteiger partial charge on any atom is 0.260 e. The van der Waals surface area contributed by atoms with E-state index in [9.17, 15) is 4.79 Å². The number of aromatic amines is 1. The second-order valence-electron chi connectivity index (χ2n) is 6.54. The van der Waals surface area contributed by atoms with E-state index in [0.717, 1.165) is 57.5 Å². The highest BCUT2D eigenvalue weighted by molar-refractivity contribution is 5.78. The van der Waals surface area contributed by atoms with E-state index in [-0.39, 0.29) is 5.56 Å². The standard InChI is InChI=1S/C18H23N3O3/c22-17-15-3-1-2-4-16(15)19-18(20-17)21-9-5-13(6-10-21)24-14-7-11-23-12-8-14/h1-4,13-14H,5-12H2,(H,19,20,22). The lowest BCUT2D eigenvalue weighted by molar-refractivity contribution is -0.0744. The van der Waals surface area contributed by atoms with Crippen molar-refractivity contribution < 1.29 is 9.47 Å². The molecular formula is C18H23N3O3. The molecule has 3 heterocycles. The number of nitrogens with one attached hydrogen (secondary N) is 1. The third-order valence-corrected chi connectivity index (χ3v) is 4.90. The van der Waals surface area contributed by atoms with Crippen molar-refractivity contribution >= 4 is 16.9 Å². The Morgan fingerprint density at radius 1 is 1.08 bits per heavy atom. The van der Waals surface area contributed by atoms with Crippen LogP contribution in [0.5, 0.6) is 0 Å². The monoisotopic (exact) mass is 329 g/mol. The van der Waals surface area contributed by atoms with Crippen LogP contribution in [0.1, 0.15) is 25.7 Å². The third kappa shape index (κ3) is 3.30. The average Bonchev–Trinajstić information content (AvgIpc) is 2.63. The van der Waals surface area contributed by atoms with Crippen LogP contribution in [0.3, 0.4) is 0 Å². The van der Waals surface area contributed by atoms with Gasteiger partial charge in [-0.05, 0) is 37.8 Å². The van der Waals surface area contributed by atoms with Crippen LogP contribution in [0.15, 0.2) is 29.1 Å². The van der Waals surface area contributed by atoms with Crippen molar-refractivity contribution in [2.75, 3.05) is 31.2 Å². The Labute approximate surface area is 140 Å². The molecule has 1 N–H and O–H groups in total. The van der Waals surface area contributed by atoms with Gasteiger partial charge in [0.1, 0.15) is 0 Å². The number of ether oxygens (including phenoxy) is 2. The van der Waals surface area contributed by atoms with Gasteiger partial charge in [-0.25, -0.2) is 4.98 Å². The predicted molar refractivity (Wildman–Crippen MR) is 92.5 cm³/mol. The molecule has 128 valence electrons. The fraction of sp³-hybridized carbons (Fsp3) is 0.556. The first-order valence-electron chi connectivity index (χ1n) is 8.77. The van der Waals surface area contributed by atoms with Crippen molar-refractivity contribution in [2.24, 2.45) is 0 Å². The fourth-order valence-electron chi connectivity index (χ4n) is 3.51. The van der Waals surface area contributed by atoms with E-state index in [1.807, 2.05) is 18.2 Å². The van der Waals surface area contributed by atoms with E-state index in [1.54, 1.807) is 6.07 Å². The van der Waals surface area contributed by atoms with Gasteiger partial charge in [0, 0.05) is 26.3 Å². The molecule has 2 saturated heterocycles. The van der Waals surface area contributed by atoms with Gasteiger partial charge in [-0.3, -0.25) is 9.78 Å². The van der Waals surface area contributed by atoms with Gasteiger partial charge in [-0.1, -0.05) is 12.1 Å². The van der Waals surface area contributed by atoms with Gasteiger partial charge < -0.3 is 14.4 Å².